The molecule has 1 aromatic carbocycles. The Hall–Kier alpha value is -1.88. The van der Waals surface area contributed by atoms with Crippen molar-refractivity contribution in [2.24, 2.45) is 0 Å². The van der Waals surface area contributed by atoms with Crippen LogP contribution in [0, 0.1) is 0 Å². The van der Waals surface area contributed by atoms with Crippen LogP contribution in [-0.4, -0.2) is 15.2 Å². The Morgan fingerprint density at radius 3 is 3.00 bits per heavy atom. The molecule has 102 valence electrons. The number of hydrogen-bond donors (Lipinski definition) is 1. The number of aliphatic hydroxyl groups excluding tert-OH is 1. The number of nitrogens with zero attached hydrogens (tertiary/aromatic N) is 2. The third-order valence-corrected chi connectivity index (χ3v) is 2.69. The van der Waals surface area contributed by atoms with Gasteiger partial charge in [0.1, 0.15) is 5.75 Å². The summed E-state index contributed by atoms with van der Waals surface area (Å²) < 4.78 is 10.6. The number of rotatable bonds is 6. The predicted octanol–water partition coefficient (Wildman–Crippen LogP) is 2.65. The van der Waals surface area contributed by atoms with Crippen LogP contribution >= 0.6 is 0 Å². The van der Waals surface area contributed by atoms with Crippen LogP contribution in [0.3, 0.4) is 0 Å². The maximum absolute atomic E-state index is 9.50. The van der Waals surface area contributed by atoms with E-state index in [4.69, 9.17) is 9.26 Å². The molecule has 0 aliphatic heterocycles. The van der Waals surface area contributed by atoms with Gasteiger partial charge in [0, 0.05) is 6.42 Å². The van der Waals surface area contributed by atoms with Gasteiger partial charge in [0.2, 0.25) is 0 Å². The molecule has 1 aromatic heterocycles. The molecule has 2 rings (SSSR count). The molecule has 1 atom stereocenters. The van der Waals surface area contributed by atoms with Crippen molar-refractivity contribution in [3.63, 3.8) is 0 Å². The van der Waals surface area contributed by atoms with Crippen molar-refractivity contribution in [1.82, 2.24) is 10.1 Å². The first-order valence-corrected chi connectivity index (χ1v) is 6.41. The lowest BCUT2D eigenvalue weighted by atomic mass is 10.1. The minimum atomic E-state index is -0.511. The number of benzene rings is 1. The van der Waals surface area contributed by atoms with Crippen LogP contribution in [-0.2, 0) is 13.0 Å². The maximum Gasteiger partial charge on any atom is 0.264 e. The highest BCUT2D eigenvalue weighted by molar-refractivity contribution is 5.29. The molecule has 0 amide bonds. The molecule has 0 bridgehead atoms. The van der Waals surface area contributed by atoms with E-state index < -0.39 is 6.10 Å². The zero-order valence-electron chi connectivity index (χ0n) is 11.2. The van der Waals surface area contributed by atoms with Crippen LogP contribution in [0.5, 0.6) is 5.75 Å². The highest BCUT2D eigenvalue weighted by atomic mass is 16.5. The second kappa shape index (κ2) is 6.33. The van der Waals surface area contributed by atoms with Gasteiger partial charge in [0.25, 0.3) is 5.89 Å². The molecule has 1 heterocycles. The topological polar surface area (TPSA) is 68.4 Å². The number of aliphatic hydroxyl groups is 1. The SMILES string of the molecule is CCCc1noc(COc2cccc(C(C)O)c2)n1. The molecule has 19 heavy (non-hydrogen) atoms. The van der Waals surface area contributed by atoms with Crippen LogP contribution in [0.4, 0.5) is 0 Å². The molecule has 1 unspecified atom stereocenters. The lowest BCUT2D eigenvalue weighted by Crippen LogP contribution is -1.98. The third-order valence-electron chi connectivity index (χ3n) is 2.69. The number of hydrogen-bond acceptors (Lipinski definition) is 5. The van der Waals surface area contributed by atoms with Gasteiger partial charge in [0.05, 0.1) is 6.10 Å². The molecule has 0 spiro atoms. The van der Waals surface area contributed by atoms with Gasteiger partial charge in [-0.3, -0.25) is 0 Å². The van der Waals surface area contributed by atoms with Crippen molar-refractivity contribution in [2.75, 3.05) is 0 Å². The summed E-state index contributed by atoms with van der Waals surface area (Å²) >= 11 is 0. The van der Waals surface area contributed by atoms with Crippen molar-refractivity contribution in [1.29, 1.82) is 0 Å². The number of aromatic nitrogens is 2. The second-order valence-corrected chi connectivity index (χ2v) is 4.39. The Bertz CT molecular complexity index is 523. The fraction of sp³-hybridized carbons (Fsp3) is 0.429. The molecule has 2 aromatic rings. The Morgan fingerprint density at radius 2 is 2.26 bits per heavy atom. The second-order valence-electron chi connectivity index (χ2n) is 4.39. The smallest absolute Gasteiger partial charge is 0.264 e. The van der Waals surface area contributed by atoms with Crippen molar-refractivity contribution in [3.8, 4) is 5.75 Å². The Labute approximate surface area is 112 Å². The summed E-state index contributed by atoms with van der Waals surface area (Å²) in [4.78, 5) is 4.22. The van der Waals surface area contributed by atoms with Gasteiger partial charge < -0.3 is 14.4 Å². The van der Waals surface area contributed by atoms with E-state index in [0.717, 1.165) is 18.4 Å². The predicted molar refractivity (Wildman–Crippen MR) is 69.7 cm³/mol. The van der Waals surface area contributed by atoms with E-state index >= 15 is 0 Å². The molecular weight excluding hydrogens is 244 g/mol. The molecule has 0 saturated heterocycles. The average Bonchev–Trinajstić information content (AvgIpc) is 2.85. The van der Waals surface area contributed by atoms with E-state index in [2.05, 4.69) is 17.1 Å². The molecule has 5 heteroatoms. The van der Waals surface area contributed by atoms with Crippen LogP contribution in [0.25, 0.3) is 0 Å². The lowest BCUT2D eigenvalue weighted by molar-refractivity contribution is 0.197. The fourth-order valence-corrected chi connectivity index (χ4v) is 1.68. The Kier molecular flexibility index (Phi) is 4.52. The highest BCUT2D eigenvalue weighted by Crippen LogP contribution is 2.19. The van der Waals surface area contributed by atoms with Gasteiger partial charge in [-0.05, 0) is 31.0 Å². The summed E-state index contributed by atoms with van der Waals surface area (Å²) in [7, 11) is 0. The van der Waals surface area contributed by atoms with Gasteiger partial charge >= 0.3 is 0 Å². The lowest BCUT2D eigenvalue weighted by Gasteiger charge is -2.07. The van der Waals surface area contributed by atoms with Crippen molar-refractivity contribution in [3.05, 3.63) is 41.5 Å². The van der Waals surface area contributed by atoms with Crippen molar-refractivity contribution >= 4 is 0 Å². The van der Waals surface area contributed by atoms with Gasteiger partial charge in [-0.15, -0.1) is 0 Å². The summed E-state index contributed by atoms with van der Waals surface area (Å²) in [6.45, 7) is 4.02. The molecule has 0 fully saturated rings. The van der Waals surface area contributed by atoms with E-state index in [1.807, 2.05) is 18.2 Å². The summed E-state index contributed by atoms with van der Waals surface area (Å²) in [5.41, 5.74) is 0.815. The van der Waals surface area contributed by atoms with E-state index in [1.54, 1.807) is 13.0 Å². The van der Waals surface area contributed by atoms with E-state index in [-0.39, 0.29) is 6.61 Å². The molecule has 0 aliphatic carbocycles. The van der Waals surface area contributed by atoms with E-state index in [0.29, 0.717) is 17.5 Å². The van der Waals surface area contributed by atoms with Gasteiger partial charge in [0.15, 0.2) is 12.4 Å². The molecular formula is C14H18N2O3. The first kappa shape index (κ1) is 13.5. The first-order valence-electron chi connectivity index (χ1n) is 6.41. The Morgan fingerprint density at radius 1 is 1.42 bits per heavy atom. The first-order chi connectivity index (χ1) is 9.19. The summed E-state index contributed by atoms with van der Waals surface area (Å²) in [5.74, 6) is 1.85. The largest absolute Gasteiger partial charge is 0.484 e. The number of ether oxygens (including phenoxy) is 1. The van der Waals surface area contributed by atoms with Crippen LogP contribution < -0.4 is 4.74 Å². The zero-order valence-corrected chi connectivity index (χ0v) is 11.2. The Balaban J connectivity index is 1.95. The summed E-state index contributed by atoms with van der Waals surface area (Å²) in [5, 5.41) is 13.4. The number of aryl methyl sites for hydroxylation is 1. The van der Waals surface area contributed by atoms with Gasteiger partial charge in [-0.2, -0.15) is 4.98 Å². The highest BCUT2D eigenvalue weighted by Gasteiger charge is 2.07. The zero-order chi connectivity index (χ0) is 13.7. The standard InChI is InChI=1S/C14H18N2O3/c1-3-5-13-15-14(19-16-13)9-18-12-7-4-6-11(8-12)10(2)17/h4,6-8,10,17H,3,5,9H2,1-2H3. The average molecular weight is 262 g/mol. The third kappa shape index (κ3) is 3.79. The summed E-state index contributed by atoms with van der Waals surface area (Å²) in [6, 6.07) is 7.32. The van der Waals surface area contributed by atoms with Crippen LogP contribution in [0.1, 0.15) is 43.7 Å². The van der Waals surface area contributed by atoms with E-state index in [1.165, 1.54) is 0 Å². The molecule has 0 saturated carbocycles. The van der Waals surface area contributed by atoms with Crippen molar-refractivity contribution < 1.29 is 14.4 Å². The van der Waals surface area contributed by atoms with Crippen molar-refractivity contribution in [2.45, 2.75) is 39.4 Å². The molecule has 1 N–H and O–H groups in total. The van der Waals surface area contributed by atoms with Crippen LogP contribution in [0.2, 0.25) is 0 Å². The van der Waals surface area contributed by atoms with Gasteiger partial charge in [-0.25, -0.2) is 0 Å². The molecule has 0 radical (unpaired) electrons. The van der Waals surface area contributed by atoms with E-state index in [9.17, 15) is 5.11 Å². The summed E-state index contributed by atoms with van der Waals surface area (Å²) in [6.07, 6.45) is 1.28. The monoisotopic (exact) mass is 262 g/mol. The normalized spacial score (nSPS) is 12.4. The molecule has 0 aliphatic rings. The maximum atomic E-state index is 9.50. The fourth-order valence-electron chi connectivity index (χ4n) is 1.68. The van der Waals surface area contributed by atoms with Crippen LogP contribution in [0.15, 0.2) is 28.8 Å². The minimum absolute atomic E-state index is 0.236. The quantitative estimate of drug-likeness (QED) is 0.866. The minimum Gasteiger partial charge on any atom is -0.484 e. The molecule has 5 nitrogen and oxygen atoms in total. The van der Waals surface area contributed by atoms with Gasteiger partial charge in [-0.1, -0.05) is 24.2 Å².